The Labute approximate surface area is 302 Å². The van der Waals surface area contributed by atoms with Gasteiger partial charge in [0.05, 0.1) is 34.6 Å². The van der Waals surface area contributed by atoms with Crippen molar-refractivity contribution in [1.29, 1.82) is 0 Å². The number of esters is 1. The fraction of sp³-hybridized carbons (Fsp3) is 0.471. The molecular weight excluding hydrogens is 700 g/mol. The predicted molar refractivity (Wildman–Crippen MR) is 184 cm³/mol. The lowest BCUT2D eigenvalue weighted by Crippen LogP contribution is -2.63. The van der Waals surface area contributed by atoms with E-state index in [0.717, 1.165) is 0 Å². The molecule has 4 aliphatic rings. The summed E-state index contributed by atoms with van der Waals surface area (Å²) >= 11 is 1.29. The van der Waals surface area contributed by atoms with Crippen LogP contribution in [0.15, 0.2) is 59.1 Å². The minimum absolute atomic E-state index is 0.0366. The maximum absolute atomic E-state index is 13.8. The van der Waals surface area contributed by atoms with Crippen molar-refractivity contribution in [1.82, 2.24) is 19.6 Å². The number of likely N-dealkylation sites (N-methyl/N-ethyl adjacent to an activating group) is 1. The summed E-state index contributed by atoms with van der Waals surface area (Å²) in [4.78, 5) is 82.3. The number of amides is 3. The van der Waals surface area contributed by atoms with Crippen LogP contribution in [0.2, 0.25) is 0 Å². The van der Waals surface area contributed by atoms with Crippen molar-refractivity contribution >= 4 is 47.0 Å². The number of likely N-dealkylation sites (tertiary alicyclic amines) is 1. The largest absolute Gasteiger partial charge is 0.456 e. The number of thioether (sulfide) groups is 1. The Morgan fingerprint density at radius 1 is 0.962 bits per heavy atom. The Balaban J connectivity index is 1.22. The zero-order chi connectivity index (χ0) is 37.4. The quantitative estimate of drug-likeness (QED) is 0.153. The molecule has 0 radical (unpaired) electrons. The number of non-ortho nitro benzene ring substituents is 2. The van der Waals surface area contributed by atoms with E-state index in [9.17, 15) is 44.5 Å². The van der Waals surface area contributed by atoms with Gasteiger partial charge in [-0.3, -0.25) is 39.6 Å². The Kier molecular flexibility index (Phi) is 10.5. The summed E-state index contributed by atoms with van der Waals surface area (Å²) < 4.78 is 11.2. The summed E-state index contributed by atoms with van der Waals surface area (Å²) in [5, 5.41) is 32.1. The highest BCUT2D eigenvalue weighted by Crippen LogP contribution is 2.52. The summed E-state index contributed by atoms with van der Waals surface area (Å²) in [6, 6.07) is 9.75. The lowest BCUT2D eigenvalue weighted by atomic mass is 9.79. The summed E-state index contributed by atoms with van der Waals surface area (Å²) in [7, 11) is 1.89. The summed E-state index contributed by atoms with van der Waals surface area (Å²) in [5.74, 6) is -2.56. The van der Waals surface area contributed by atoms with E-state index in [0.29, 0.717) is 35.8 Å². The fourth-order valence-corrected chi connectivity index (χ4v) is 8.68. The molecule has 6 atom stereocenters. The lowest BCUT2D eigenvalue weighted by Gasteiger charge is -2.46. The number of nitro benzene ring substituents is 2. The van der Waals surface area contributed by atoms with E-state index in [1.54, 1.807) is 4.90 Å². The molecule has 0 aliphatic carbocycles. The minimum Gasteiger partial charge on any atom is -0.456 e. The Morgan fingerprint density at radius 2 is 1.54 bits per heavy atom. The maximum Gasteiger partial charge on any atom is 0.410 e. The normalized spacial score (nSPS) is 24.8. The van der Waals surface area contributed by atoms with Crippen molar-refractivity contribution < 1.29 is 43.6 Å². The number of carbonyl (C=O) groups excluding carboxylic acids is 4. The number of aliphatic hydroxyl groups is 1. The molecule has 52 heavy (non-hydrogen) atoms. The topological polar surface area (TPSA) is 206 Å². The van der Waals surface area contributed by atoms with Crippen LogP contribution in [-0.2, 0) is 37.1 Å². The van der Waals surface area contributed by atoms with Gasteiger partial charge in [-0.1, -0.05) is 6.92 Å². The van der Waals surface area contributed by atoms with Gasteiger partial charge in [0.25, 0.3) is 11.4 Å². The van der Waals surface area contributed by atoms with Gasteiger partial charge in [0, 0.05) is 60.0 Å². The van der Waals surface area contributed by atoms with Crippen LogP contribution in [0.5, 0.6) is 0 Å². The monoisotopic (exact) mass is 738 g/mol. The second kappa shape index (κ2) is 14.9. The van der Waals surface area contributed by atoms with E-state index in [1.165, 1.54) is 77.0 Å². The first-order chi connectivity index (χ1) is 24.7. The number of nitrogens with zero attached hydrogens (tertiary/aromatic N) is 6. The van der Waals surface area contributed by atoms with Gasteiger partial charge in [0.2, 0.25) is 11.8 Å². The molecule has 17 nitrogen and oxygen atoms in total. The Hall–Kier alpha value is -5.07. The molecule has 18 heteroatoms. The van der Waals surface area contributed by atoms with Gasteiger partial charge in [-0.25, -0.2) is 9.59 Å². The predicted octanol–water partition coefficient (Wildman–Crippen LogP) is 2.86. The molecule has 6 rings (SSSR count). The number of rotatable bonds is 11. The molecule has 2 aromatic carbocycles. The highest BCUT2D eigenvalue weighted by molar-refractivity contribution is 8.03. The van der Waals surface area contributed by atoms with Crippen LogP contribution < -0.4 is 0 Å². The van der Waals surface area contributed by atoms with Crippen LogP contribution in [0.4, 0.5) is 16.2 Å². The number of nitro groups is 2. The van der Waals surface area contributed by atoms with Crippen LogP contribution in [0, 0.1) is 32.1 Å². The third-order valence-electron chi connectivity index (χ3n) is 9.88. The van der Waals surface area contributed by atoms with Crippen LogP contribution in [0.3, 0.4) is 0 Å². The molecule has 3 fully saturated rings. The second-order valence-electron chi connectivity index (χ2n) is 13.4. The standard InChI is InChI=1S/C34H38N6O11S/c1-19-28-27(20(2)41)32(43)38(28)29(33(44)50-16-21-4-8-23(9-5-21)39(46)47)30(19)52-25-14-26(31(42)36-13-12-35(3)18-36)37(15-25)34(45)51-17-22-6-10-24(11-7-22)40(48)49/h4-11,19-20,25-28,41H,12-18H2,1-3H3/t19-,20-,25+,26+,27-,28-/m1/s1. The second-order valence-corrected chi connectivity index (χ2v) is 14.8. The Bertz CT molecular complexity index is 1800. The number of fused-ring (bicyclic) bond motifs is 1. The number of hydrogen-bond acceptors (Lipinski definition) is 13. The molecule has 4 aliphatic heterocycles. The zero-order valence-corrected chi connectivity index (χ0v) is 29.5. The number of benzene rings is 2. The molecule has 0 spiro atoms. The van der Waals surface area contributed by atoms with Gasteiger partial charge in [0.1, 0.15) is 25.0 Å². The number of carbonyl (C=O) groups is 4. The van der Waals surface area contributed by atoms with Crippen LogP contribution in [0.25, 0.3) is 0 Å². The zero-order valence-electron chi connectivity index (χ0n) is 28.7. The van der Waals surface area contributed by atoms with Crippen LogP contribution >= 0.6 is 11.8 Å². The number of β-lactam (4-membered cyclic amide) rings is 1. The van der Waals surface area contributed by atoms with Crippen molar-refractivity contribution in [3.63, 3.8) is 0 Å². The number of aliphatic hydroxyl groups excluding tert-OH is 1. The first-order valence-electron chi connectivity index (χ1n) is 16.7. The van der Waals surface area contributed by atoms with E-state index in [2.05, 4.69) is 0 Å². The maximum atomic E-state index is 13.8. The lowest BCUT2D eigenvalue weighted by molar-refractivity contribution is -0.385. The van der Waals surface area contributed by atoms with Crippen LogP contribution in [-0.4, -0.2) is 115 Å². The highest BCUT2D eigenvalue weighted by atomic mass is 32.2. The molecule has 0 saturated carbocycles. The van der Waals surface area contributed by atoms with Gasteiger partial charge in [-0.15, -0.1) is 11.8 Å². The average molecular weight is 739 g/mol. The van der Waals surface area contributed by atoms with Crippen molar-refractivity contribution in [2.45, 2.75) is 56.9 Å². The summed E-state index contributed by atoms with van der Waals surface area (Å²) in [6.07, 6.45) is -1.47. The van der Waals surface area contributed by atoms with E-state index in [-0.39, 0.29) is 55.1 Å². The van der Waals surface area contributed by atoms with E-state index in [1.807, 2.05) is 18.9 Å². The van der Waals surface area contributed by atoms with Crippen LogP contribution in [0.1, 0.15) is 31.4 Å². The SMILES string of the molecule is C[C@@H](O)[C@H]1C(=O)N2C(C(=O)OCc3ccc([N+](=O)[O-])cc3)=C(S[C@H]3C[C@@H](C(=O)N4CCN(C)C4)N(C(=O)OCc4ccc([N+](=O)[O-])cc4)C3)[C@H](C)[C@H]12. The number of ether oxygens (including phenoxy) is 2. The minimum atomic E-state index is -0.967. The molecule has 0 unspecified atom stereocenters. The molecular formula is C34H38N6O11S. The summed E-state index contributed by atoms with van der Waals surface area (Å²) in [6.45, 7) is 4.63. The first-order valence-corrected chi connectivity index (χ1v) is 17.6. The Morgan fingerprint density at radius 3 is 2.06 bits per heavy atom. The van der Waals surface area contributed by atoms with E-state index >= 15 is 0 Å². The van der Waals surface area contributed by atoms with Crippen molar-refractivity contribution in [3.8, 4) is 0 Å². The molecule has 4 heterocycles. The third kappa shape index (κ3) is 7.18. The first kappa shape index (κ1) is 36.7. The average Bonchev–Trinajstić information content (AvgIpc) is 3.81. The number of hydrogen-bond donors (Lipinski definition) is 1. The van der Waals surface area contributed by atoms with Gasteiger partial charge in [-0.05, 0) is 55.8 Å². The van der Waals surface area contributed by atoms with E-state index in [4.69, 9.17) is 9.47 Å². The molecule has 1 N–H and O–H groups in total. The molecule has 0 aromatic heterocycles. The van der Waals surface area contributed by atoms with Gasteiger partial charge in [-0.2, -0.15) is 0 Å². The third-order valence-corrected chi connectivity index (χ3v) is 11.4. The van der Waals surface area contributed by atoms with Crippen molar-refractivity contribution in [2.75, 3.05) is 33.4 Å². The van der Waals surface area contributed by atoms with Gasteiger partial charge < -0.3 is 24.4 Å². The van der Waals surface area contributed by atoms with Gasteiger partial charge in [0.15, 0.2) is 0 Å². The molecule has 2 aromatic rings. The fourth-order valence-electron chi connectivity index (χ4n) is 7.16. The van der Waals surface area contributed by atoms with E-state index < -0.39 is 57.2 Å². The highest BCUT2D eigenvalue weighted by Gasteiger charge is 2.60. The van der Waals surface area contributed by atoms with Gasteiger partial charge >= 0.3 is 12.1 Å². The smallest absolute Gasteiger partial charge is 0.410 e. The molecule has 0 bridgehead atoms. The van der Waals surface area contributed by atoms with Crippen molar-refractivity contribution in [2.24, 2.45) is 11.8 Å². The molecule has 276 valence electrons. The van der Waals surface area contributed by atoms with Crippen molar-refractivity contribution in [3.05, 3.63) is 90.5 Å². The molecule has 3 amide bonds. The summed E-state index contributed by atoms with van der Waals surface area (Å²) in [5.41, 5.74) is 0.840. The molecule has 3 saturated heterocycles.